The van der Waals surface area contributed by atoms with Crippen molar-refractivity contribution in [2.24, 2.45) is 7.05 Å². The molecular weight excluding hydrogens is 368 g/mol. The van der Waals surface area contributed by atoms with Crippen LogP contribution in [-0.2, 0) is 27.7 Å². The van der Waals surface area contributed by atoms with E-state index in [1.807, 2.05) is 18.1 Å². The molecule has 7 heteroatoms. The van der Waals surface area contributed by atoms with Crippen LogP contribution in [0, 0.1) is 0 Å². The van der Waals surface area contributed by atoms with Crippen molar-refractivity contribution in [3.8, 4) is 0 Å². The lowest BCUT2D eigenvalue weighted by Crippen LogP contribution is -2.50. The molecule has 2 aromatic rings. The van der Waals surface area contributed by atoms with Crippen LogP contribution in [0.1, 0.15) is 43.4 Å². The number of carbonyl (C=O) groups is 1. The molecule has 3 heterocycles. The van der Waals surface area contributed by atoms with Crippen molar-refractivity contribution in [1.29, 1.82) is 0 Å². The molecule has 1 N–H and O–H groups in total. The Morgan fingerprint density at radius 1 is 1.48 bits per heavy atom. The third kappa shape index (κ3) is 4.32. The first kappa shape index (κ1) is 20.3. The van der Waals surface area contributed by atoms with Crippen LogP contribution in [-0.4, -0.2) is 65.9 Å². The average Bonchev–Trinajstić information content (AvgIpc) is 3.53. The summed E-state index contributed by atoms with van der Waals surface area (Å²) in [6, 6.07) is 2.51. The summed E-state index contributed by atoms with van der Waals surface area (Å²) in [6.45, 7) is 4.85. The van der Waals surface area contributed by atoms with Crippen LogP contribution in [0.2, 0.25) is 0 Å². The lowest BCUT2D eigenvalue weighted by Gasteiger charge is -2.34. The highest BCUT2D eigenvalue weighted by Gasteiger charge is 2.40. The van der Waals surface area contributed by atoms with Gasteiger partial charge in [-0.05, 0) is 49.8 Å². The van der Waals surface area contributed by atoms with Crippen LogP contribution >= 0.6 is 0 Å². The molecule has 1 saturated heterocycles. The van der Waals surface area contributed by atoms with Gasteiger partial charge in [-0.3, -0.25) is 4.79 Å². The van der Waals surface area contributed by atoms with Crippen LogP contribution in [0.5, 0.6) is 0 Å². The highest BCUT2D eigenvalue weighted by atomic mass is 16.5. The van der Waals surface area contributed by atoms with Gasteiger partial charge in [-0.15, -0.1) is 0 Å². The maximum Gasteiger partial charge on any atom is 0.253 e. The number of fused-ring (bicyclic) bond motifs is 1. The molecule has 0 spiro atoms. The van der Waals surface area contributed by atoms with Gasteiger partial charge in [0.15, 0.2) is 0 Å². The molecule has 2 atom stereocenters. The van der Waals surface area contributed by atoms with Gasteiger partial charge in [0.1, 0.15) is 11.8 Å². The lowest BCUT2D eigenvalue weighted by molar-refractivity contribution is -0.148. The van der Waals surface area contributed by atoms with Crippen molar-refractivity contribution in [3.63, 3.8) is 0 Å². The van der Waals surface area contributed by atoms with E-state index in [1.54, 1.807) is 7.11 Å². The van der Waals surface area contributed by atoms with Gasteiger partial charge in [0.05, 0.1) is 12.6 Å². The third-order valence-electron chi connectivity index (χ3n) is 6.01. The Morgan fingerprint density at radius 2 is 2.31 bits per heavy atom. The quantitative estimate of drug-likeness (QED) is 0.688. The summed E-state index contributed by atoms with van der Waals surface area (Å²) in [6.07, 6.45) is 7.77. The fourth-order valence-corrected chi connectivity index (χ4v) is 4.28. The first-order chi connectivity index (χ1) is 14.1. The van der Waals surface area contributed by atoms with Crippen LogP contribution in [0.25, 0.3) is 11.0 Å². The van der Waals surface area contributed by atoms with Crippen molar-refractivity contribution >= 4 is 16.9 Å². The molecule has 7 nitrogen and oxygen atoms in total. The van der Waals surface area contributed by atoms with E-state index in [9.17, 15) is 4.79 Å². The van der Waals surface area contributed by atoms with E-state index in [1.165, 1.54) is 10.9 Å². The van der Waals surface area contributed by atoms with E-state index in [2.05, 4.69) is 29.1 Å². The Balaban J connectivity index is 1.59. The number of amides is 1. The zero-order valence-electron chi connectivity index (χ0n) is 17.7. The second-order valence-corrected chi connectivity index (χ2v) is 8.22. The molecule has 1 saturated carbocycles. The van der Waals surface area contributed by atoms with E-state index in [0.717, 1.165) is 50.0 Å². The van der Waals surface area contributed by atoms with E-state index in [-0.39, 0.29) is 18.1 Å². The highest BCUT2D eigenvalue weighted by molar-refractivity contribution is 5.83. The van der Waals surface area contributed by atoms with Crippen molar-refractivity contribution in [1.82, 2.24) is 19.8 Å². The molecule has 158 valence electrons. The number of aromatic nitrogens is 2. The monoisotopic (exact) mass is 400 g/mol. The first-order valence-electron chi connectivity index (χ1n) is 10.7. The molecule has 0 unspecified atom stereocenters. The number of methoxy groups -OCH3 is 1. The van der Waals surface area contributed by atoms with Crippen molar-refractivity contribution in [2.75, 3.05) is 33.4 Å². The predicted molar refractivity (Wildman–Crippen MR) is 112 cm³/mol. The molecule has 1 amide bonds. The van der Waals surface area contributed by atoms with Crippen LogP contribution in [0.4, 0.5) is 0 Å². The molecule has 0 bridgehead atoms. The molecule has 2 aromatic heterocycles. The van der Waals surface area contributed by atoms with Gasteiger partial charge in [-0.2, -0.15) is 0 Å². The number of rotatable bonds is 8. The summed E-state index contributed by atoms with van der Waals surface area (Å²) in [5, 5.41) is 4.44. The number of hydrogen-bond acceptors (Lipinski definition) is 5. The smallest absolute Gasteiger partial charge is 0.253 e. The maximum absolute atomic E-state index is 13.2. The standard InChI is InChI=1S/C22H32N4O3/c1-15(26(18-6-7-18)22(27)20-13-23-8-10-29-20)17-11-19-16(5-4-9-28-3)14-25(2)21(19)24-12-17/h11-12,14-15,18,20,23H,4-10,13H2,1-3H3/t15-,20-/m1/s1. The molecule has 0 radical (unpaired) electrons. The van der Waals surface area contributed by atoms with E-state index in [4.69, 9.17) is 14.5 Å². The normalized spacial score (nSPS) is 20.7. The Morgan fingerprint density at radius 3 is 3.00 bits per heavy atom. The molecule has 29 heavy (non-hydrogen) atoms. The van der Waals surface area contributed by atoms with Gasteiger partial charge in [0, 0.05) is 57.7 Å². The summed E-state index contributed by atoms with van der Waals surface area (Å²) in [5.41, 5.74) is 3.35. The topological polar surface area (TPSA) is 68.6 Å². The largest absolute Gasteiger partial charge is 0.385 e. The van der Waals surface area contributed by atoms with E-state index < -0.39 is 0 Å². The summed E-state index contributed by atoms with van der Waals surface area (Å²) in [7, 11) is 3.77. The second kappa shape index (κ2) is 8.81. The maximum atomic E-state index is 13.2. The SMILES string of the molecule is COCCCc1cn(C)c2ncc([C@@H](C)N(C(=O)[C@H]3CNCCO3)C3CC3)cc12. The van der Waals surface area contributed by atoms with Gasteiger partial charge >= 0.3 is 0 Å². The number of hydrogen-bond donors (Lipinski definition) is 1. The number of nitrogens with zero attached hydrogens (tertiary/aromatic N) is 3. The van der Waals surface area contributed by atoms with E-state index in [0.29, 0.717) is 19.2 Å². The summed E-state index contributed by atoms with van der Waals surface area (Å²) in [5.74, 6) is 0.0978. The number of nitrogens with one attached hydrogen (secondary N) is 1. The van der Waals surface area contributed by atoms with E-state index >= 15 is 0 Å². The van der Waals surface area contributed by atoms with Crippen molar-refractivity contribution in [3.05, 3.63) is 29.6 Å². The minimum absolute atomic E-state index is 0.0237. The number of pyridine rings is 1. The van der Waals surface area contributed by atoms with Gasteiger partial charge in [0.25, 0.3) is 5.91 Å². The molecule has 0 aromatic carbocycles. The fraction of sp³-hybridized carbons (Fsp3) is 0.636. The van der Waals surface area contributed by atoms with Gasteiger partial charge in [-0.1, -0.05) is 0 Å². The molecule has 4 rings (SSSR count). The van der Waals surface area contributed by atoms with Gasteiger partial charge in [0.2, 0.25) is 0 Å². The number of morpholine rings is 1. The average molecular weight is 401 g/mol. The molecule has 2 aliphatic rings. The Bertz CT molecular complexity index is 855. The summed E-state index contributed by atoms with van der Waals surface area (Å²) < 4.78 is 13.0. The van der Waals surface area contributed by atoms with Gasteiger partial charge in [-0.25, -0.2) is 4.98 Å². The summed E-state index contributed by atoms with van der Waals surface area (Å²) >= 11 is 0. The Hall–Kier alpha value is -1.96. The second-order valence-electron chi connectivity index (χ2n) is 8.22. The van der Waals surface area contributed by atoms with Crippen LogP contribution in [0.3, 0.4) is 0 Å². The van der Waals surface area contributed by atoms with Crippen LogP contribution in [0.15, 0.2) is 18.5 Å². The predicted octanol–water partition coefficient (Wildman–Crippen LogP) is 2.19. The zero-order chi connectivity index (χ0) is 20.4. The van der Waals surface area contributed by atoms with Gasteiger partial charge < -0.3 is 24.3 Å². The molecule has 2 fully saturated rings. The Labute approximate surface area is 172 Å². The number of aryl methyl sites for hydroxylation is 2. The first-order valence-corrected chi connectivity index (χ1v) is 10.7. The molecular formula is C22H32N4O3. The lowest BCUT2D eigenvalue weighted by atomic mass is 10.0. The Kier molecular flexibility index (Phi) is 6.18. The minimum Gasteiger partial charge on any atom is -0.385 e. The number of ether oxygens (including phenoxy) is 2. The fourth-order valence-electron chi connectivity index (χ4n) is 4.28. The zero-order valence-corrected chi connectivity index (χ0v) is 17.7. The highest BCUT2D eigenvalue weighted by Crippen LogP contribution is 2.36. The van der Waals surface area contributed by atoms with Crippen LogP contribution < -0.4 is 5.32 Å². The minimum atomic E-state index is -0.384. The summed E-state index contributed by atoms with van der Waals surface area (Å²) in [4.78, 5) is 20.0. The van der Waals surface area contributed by atoms with Crippen molar-refractivity contribution in [2.45, 2.75) is 50.8 Å². The number of carbonyl (C=O) groups excluding carboxylic acids is 1. The van der Waals surface area contributed by atoms with Crippen molar-refractivity contribution < 1.29 is 14.3 Å². The molecule has 1 aliphatic heterocycles. The molecule has 1 aliphatic carbocycles. The third-order valence-corrected chi connectivity index (χ3v) is 6.01.